The quantitative estimate of drug-likeness (QED) is 0.264. The molecule has 1 atom stereocenters. The second-order valence-corrected chi connectivity index (χ2v) is 8.22. The first-order chi connectivity index (χ1) is 14.3. The summed E-state index contributed by atoms with van der Waals surface area (Å²) >= 11 is 2.69. The highest BCUT2D eigenvalue weighted by molar-refractivity contribution is 8.00. The van der Waals surface area contributed by atoms with Crippen molar-refractivity contribution >= 4 is 41.0 Å². The van der Waals surface area contributed by atoms with E-state index in [4.69, 9.17) is 14.2 Å². The van der Waals surface area contributed by atoms with Crippen LogP contribution in [0.5, 0.6) is 0 Å². The number of carbonyl (C=O) groups excluding carboxylic acids is 3. The van der Waals surface area contributed by atoms with Crippen molar-refractivity contribution in [3.05, 3.63) is 51.5 Å². The Kier molecular flexibility index (Phi) is 8.73. The van der Waals surface area contributed by atoms with Crippen molar-refractivity contribution in [1.82, 2.24) is 5.32 Å². The van der Waals surface area contributed by atoms with Crippen LogP contribution in [0.4, 0.5) is 0 Å². The Bertz CT molecular complexity index is 899. The van der Waals surface area contributed by atoms with Gasteiger partial charge in [-0.25, -0.2) is 9.59 Å². The number of dihydropyridines is 1. The number of carbonyl (C=O) groups is 3. The molecule has 7 nitrogen and oxygen atoms in total. The molecule has 0 saturated heterocycles. The lowest BCUT2D eigenvalue weighted by Gasteiger charge is -2.30. The van der Waals surface area contributed by atoms with Gasteiger partial charge in [0.1, 0.15) is 6.61 Å². The maximum Gasteiger partial charge on any atom is 0.337 e. The predicted molar refractivity (Wildman–Crippen MR) is 116 cm³/mol. The number of hydrogen-bond acceptors (Lipinski definition) is 9. The SMILES string of the molecule is C=CCOC(=O)C1=C(C)NC(C)=C(C(=O)OCC)C1c1sccc1SCC(=O)OC. The molecule has 30 heavy (non-hydrogen) atoms. The van der Waals surface area contributed by atoms with Crippen LogP contribution >= 0.6 is 23.1 Å². The Morgan fingerprint density at radius 1 is 1.20 bits per heavy atom. The molecule has 1 aliphatic heterocycles. The average Bonchev–Trinajstić information content (AvgIpc) is 3.17. The number of thiophene rings is 1. The number of methoxy groups -OCH3 is 1. The Balaban J connectivity index is 2.56. The molecular formula is C21H25NO6S2. The molecule has 0 bridgehead atoms. The largest absolute Gasteiger partial charge is 0.468 e. The van der Waals surface area contributed by atoms with Crippen LogP contribution in [0.25, 0.3) is 0 Å². The van der Waals surface area contributed by atoms with Gasteiger partial charge >= 0.3 is 17.9 Å². The lowest BCUT2D eigenvalue weighted by molar-refractivity contribution is -0.140. The Morgan fingerprint density at radius 2 is 1.83 bits per heavy atom. The standard InChI is InChI=1S/C21H25NO6S2/c1-6-9-28-21(25)17-13(4)22-12(3)16(20(24)27-7-2)18(17)19-14(8-10-29-19)30-11-15(23)26-5/h6,8,10,18,22H,1,7,9,11H2,2-5H3. The summed E-state index contributed by atoms with van der Waals surface area (Å²) in [5.41, 5.74) is 1.87. The minimum absolute atomic E-state index is 0.0498. The first-order valence-electron chi connectivity index (χ1n) is 9.26. The Hall–Kier alpha value is -2.52. The summed E-state index contributed by atoms with van der Waals surface area (Å²) < 4.78 is 15.3. The minimum Gasteiger partial charge on any atom is -0.468 e. The zero-order valence-corrected chi connectivity index (χ0v) is 19.0. The van der Waals surface area contributed by atoms with Crippen LogP contribution in [0.2, 0.25) is 0 Å². The Morgan fingerprint density at radius 3 is 2.40 bits per heavy atom. The van der Waals surface area contributed by atoms with Crippen molar-refractivity contribution < 1.29 is 28.6 Å². The third-order valence-corrected chi connectivity index (χ3v) is 6.46. The molecule has 2 rings (SSSR count). The molecule has 2 heterocycles. The van der Waals surface area contributed by atoms with Gasteiger partial charge in [0.25, 0.3) is 0 Å². The fourth-order valence-corrected chi connectivity index (χ4v) is 5.18. The number of rotatable bonds is 9. The zero-order chi connectivity index (χ0) is 22.3. The van der Waals surface area contributed by atoms with E-state index in [-0.39, 0.29) is 24.9 Å². The number of esters is 3. The summed E-state index contributed by atoms with van der Waals surface area (Å²) in [5, 5.41) is 4.96. The molecule has 162 valence electrons. The molecule has 0 aliphatic carbocycles. The van der Waals surface area contributed by atoms with E-state index in [0.29, 0.717) is 22.5 Å². The van der Waals surface area contributed by atoms with Gasteiger partial charge in [0.15, 0.2) is 0 Å². The topological polar surface area (TPSA) is 90.9 Å². The molecule has 0 saturated carbocycles. The van der Waals surface area contributed by atoms with E-state index >= 15 is 0 Å². The molecule has 1 aromatic heterocycles. The van der Waals surface area contributed by atoms with Gasteiger partial charge < -0.3 is 19.5 Å². The number of hydrogen-bond donors (Lipinski definition) is 1. The van der Waals surface area contributed by atoms with Crippen LogP contribution in [0.3, 0.4) is 0 Å². The highest BCUT2D eigenvalue weighted by Gasteiger charge is 2.39. The predicted octanol–water partition coefficient (Wildman–Crippen LogP) is 3.54. The van der Waals surface area contributed by atoms with E-state index in [9.17, 15) is 14.4 Å². The fourth-order valence-electron chi connectivity index (χ4n) is 3.05. The van der Waals surface area contributed by atoms with E-state index in [2.05, 4.69) is 11.9 Å². The van der Waals surface area contributed by atoms with Crippen LogP contribution in [0.15, 0.2) is 51.5 Å². The highest BCUT2D eigenvalue weighted by atomic mass is 32.2. The second kappa shape index (κ2) is 11.0. The van der Waals surface area contributed by atoms with Gasteiger partial charge in [-0.2, -0.15) is 0 Å². The molecular weight excluding hydrogens is 426 g/mol. The monoisotopic (exact) mass is 451 g/mol. The van der Waals surface area contributed by atoms with E-state index in [1.54, 1.807) is 20.8 Å². The van der Waals surface area contributed by atoms with Crippen molar-refractivity contribution in [2.75, 3.05) is 26.1 Å². The van der Waals surface area contributed by atoms with Gasteiger partial charge in [-0.3, -0.25) is 4.79 Å². The number of ether oxygens (including phenoxy) is 3. The number of nitrogens with one attached hydrogen (secondary N) is 1. The molecule has 1 N–H and O–H groups in total. The molecule has 0 fully saturated rings. The van der Waals surface area contributed by atoms with Crippen LogP contribution in [0, 0.1) is 0 Å². The van der Waals surface area contributed by atoms with E-state index in [0.717, 1.165) is 9.77 Å². The van der Waals surface area contributed by atoms with Crippen LogP contribution in [-0.4, -0.2) is 44.0 Å². The number of allylic oxidation sites excluding steroid dienone is 2. The molecule has 0 spiro atoms. The molecule has 0 aromatic carbocycles. The van der Waals surface area contributed by atoms with E-state index in [1.165, 1.54) is 36.3 Å². The molecule has 1 aliphatic rings. The molecule has 0 radical (unpaired) electrons. The summed E-state index contributed by atoms with van der Waals surface area (Å²) in [6.07, 6.45) is 1.48. The van der Waals surface area contributed by atoms with Gasteiger partial charge in [-0.1, -0.05) is 12.7 Å². The minimum atomic E-state index is -0.678. The lowest BCUT2D eigenvalue weighted by Crippen LogP contribution is -2.32. The number of thioether (sulfide) groups is 1. The molecule has 0 amide bonds. The third kappa shape index (κ3) is 5.34. The van der Waals surface area contributed by atoms with E-state index in [1.807, 2.05) is 11.4 Å². The molecule has 1 unspecified atom stereocenters. The highest BCUT2D eigenvalue weighted by Crippen LogP contribution is 2.45. The fraction of sp³-hybridized carbons (Fsp3) is 0.381. The van der Waals surface area contributed by atoms with Crippen molar-refractivity contribution in [3.63, 3.8) is 0 Å². The summed E-state index contributed by atoms with van der Waals surface area (Å²) in [7, 11) is 1.33. The third-order valence-electron chi connectivity index (χ3n) is 4.30. The first kappa shape index (κ1) is 23.8. The Labute approximate surface area is 184 Å². The maximum atomic E-state index is 12.9. The van der Waals surface area contributed by atoms with E-state index < -0.39 is 17.9 Å². The smallest absolute Gasteiger partial charge is 0.337 e. The van der Waals surface area contributed by atoms with Gasteiger partial charge in [-0.05, 0) is 32.2 Å². The summed E-state index contributed by atoms with van der Waals surface area (Å²) in [6, 6.07) is 1.86. The van der Waals surface area contributed by atoms with Crippen LogP contribution in [-0.2, 0) is 28.6 Å². The van der Waals surface area contributed by atoms with Gasteiger partial charge in [-0.15, -0.1) is 23.1 Å². The van der Waals surface area contributed by atoms with Crippen molar-refractivity contribution in [2.24, 2.45) is 0 Å². The van der Waals surface area contributed by atoms with Crippen molar-refractivity contribution in [2.45, 2.75) is 31.6 Å². The van der Waals surface area contributed by atoms with Gasteiger partial charge in [0.05, 0.1) is 36.5 Å². The van der Waals surface area contributed by atoms with Crippen LogP contribution in [0.1, 0.15) is 31.6 Å². The second-order valence-electron chi connectivity index (χ2n) is 6.26. The molecule has 9 heteroatoms. The summed E-state index contributed by atoms with van der Waals surface area (Å²) in [6.45, 7) is 9.08. The van der Waals surface area contributed by atoms with Crippen molar-refractivity contribution in [1.29, 1.82) is 0 Å². The van der Waals surface area contributed by atoms with Crippen LogP contribution < -0.4 is 5.32 Å². The normalized spacial score (nSPS) is 16.1. The van der Waals surface area contributed by atoms with Gasteiger partial charge in [0, 0.05) is 21.2 Å². The maximum absolute atomic E-state index is 12.9. The average molecular weight is 452 g/mol. The summed E-state index contributed by atoms with van der Waals surface area (Å²) in [5.74, 6) is -1.98. The van der Waals surface area contributed by atoms with Crippen molar-refractivity contribution in [3.8, 4) is 0 Å². The molecule has 1 aromatic rings. The zero-order valence-electron chi connectivity index (χ0n) is 17.4. The lowest BCUT2D eigenvalue weighted by atomic mass is 9.84. The first-order valence-corrected chi connectivity index (χ1v) is 11.1. The summed E-state index contributed by atoms with van der Waals surface area (Å²) in [4.78, 5) is 38.9. The van der Waals surface area contributed by atoms with Gasteiger partial charge in [0.2, 0.25) is 0 Å².